The Morgan fingerprint density at radius 1 is 1.30 bits per heavy atom. The third kappa shape index (κ3) is 4.00. The maximum absolute atomic E-state index is 13.0. The Hall–Kier alpha value is -2.11. The van der Waals surface area contributed by atoms with Crippen LogP contribution in [0.1, 0.15) is 33.6 Å². The molecule has 0 aliphatic carbocycles. The Morgan fingerprint density at radius 3 is 2.43 bits per heavy atom. The average molecular weight is 321 g/mol. The summed E-state index contributed by atoms with van der Waals surface area (Å²) in [7, 11) is 0. The second-order valence-electron chi connectivity index (χ2n) is 7.04. The van der Waals surface area contributed by atoms with Crippen LogP contribution in [0.3, 0.4) is 0 Å². The fourth-order valence-corrected chi connectivity index (χ4v) is 2.85. The van der Waals surface area contributed by atoms with E-state index in [0.717, 1.165) is 6.42 Å². The van der Waals surface area contributed by atoms with Gasteiger partial charge in [-0.05, 0) is 42.5 Å². The third-order valence-corrected chi connectivity index (χ3v) is 4.13. The minimum Gasteiger partial charge on any atom is -0.373 e. The summed E-state index contributed by atoms with van der Waals surface area (Å²) in [6.45, 7) is 6.37. The number of anilines is 1. The van der Waals surface area contributed by atoms with Gasteiger partial charge in [0.05, 0.1) is 0 Å². The summed E-state index contributed by atoms with van der Waals surface area (Å²) < 4.78 is 13.0. The molecule has 2 rings (SSSR count). The molecule has 2 amide bonds. The van der Waals surface area contributed by atoms with Gasteiger partial charge in [-0.15, -0.1) is 0 Å². The molecule has 126 valence electrons. The smallest absolute Gasteiger partial charge is 0.246 e. The number of amides is 2. The zero-order valence-electron chi connectivity index (χ0n) is 13.8. The normalized spacial score (nSPS) is 19.5. The van der Waals surface area contributed by atoms with Crippen LogP contribution in [0.15, 0.2) is 24.3 Å². The van der Waals surface area contributed by atoms with Gasteiger partial charge in [0.25, 0.3) is 0 Å². The Bertz CT molecular complexity index is 580. The van der Waals surface area contributed by atoms with Crippen LogP contribution in [0.4, 0.5) is 10.1 Å². The van der Waals surface area contributed by atoms with Crippen LogP contribution in [-0.2, 0) is 9.59 Å². The van der Waals surface area contributed by atoms with Crippen molar-refractivity contribution in [2.45, 2.75) is 45.7 Å². The highest BCUT2D eigenvalue weighted by Crippen LogP contribution is 2.28. The molecule has 1 saturated heterocycles. The van der Waals surface area contributed by atoms with Gasteiger partial charge < -0.3 is 16.0 Å². The first-order valence-electron chi connectivity index (χ1n) is 7.82. The summed E-state index contributed by atoms with van der Waals surface area (Å²) in [5.74, 6) is -0.948. The molecule has 0 spiro atoms. The topological polar surface area (TPSA) is 75.4 Å². The van der Waals surface area contributed by atoms with Crippen LogP contribution in [0.2, 0.25) is 0 Å². The molecule has 0 saturated carbocycles. The zero-order valence-corrected chi connectivity index (χ0v) is 13.8. The first kappa shape index (κ1) is 17.2. The molecule has 0 unspecified atom stereocenters. The number of nitrogens with zero attached hydrogens (tertiary/aromatic N) is 1. The lowest BCUT2D eigenvalue weighted by Crippen LogP contribution is -2.53. The number of nitrogens with one attached hydrogen (secondary N) is 1. The number of nitrogens with two attached hydrogens (primary N) is 1. The fraction of sp³-hybridized carbons (Fsp3) is 0.529. The Kier molecular flexibility index (Phi) is 4.92. The summed E-state index contributed by atoms with van der Waals surface area (Å²) in [6.07, 6.45) is 1.38. The van der Waals surface area contributed by atoms with Crippen LogP contribution in [0.25, 0.3) is 0 Å². The molecule has 1 aromatic rings. The second-order valence-corrected chi connectivity index (χ2v) is 7.04. The van der Waals surface area contributed by atoms with Gasteiger partial charge in [-0.2, -0.15) is 0 Å². The fourth-order valence-electron chi connectivity index (χ4n) is 2.85. The molecule has 0 radical (unpaired) electrons. The van der Waals surface area contributed by atoms with E-state index in [1.807, 2.05) is 20.8 Å². The zero-order chi connectivity index (χ0) is 17.2. The minimum atomic E-state index is -0.539. The molecule has 1 aliphatic rings. The predicted molar refractivity (Wildman–Crippen MR) is 87.2 cm³/mol. The Morgan fingerprint density at radius 2 is 1.91 bits per heavy atom. The number of rotatable bonds is 4. The van der Waals surface area contributed by atoms with Crippen molar-refractivity contribution in [2.75, 3.05) is 11.9 Å². The maximum atomic E-state index is 13.0. The van der Waals surface area contributed by atoms with E-state index in [1.54, 1.807) is 17.0 Å². The highest BCUT2D eigenvalue weighted by atomic mass is 19.1. The molecule has 1 aliphatic heterocycles. The molecule has 6 heteroatoms. The van der Waals surface area contributed by atoms with Crippen molar-refractivity contribution in [3.05, 3.63) is 30.1 Å². The molecule has 0 aromatic heterocycles. The van der Waals surface area contributed by atoms with E-state index in [1.165, 1.54) is 12.1 Å². The van der Waals surface area contributed by atoms with E-state index in [9.17, 15) is 14.0 Å². The summed E-state index contributed by atoms with van der Waals surface area (Å²) in [4.78, 5) is 26.1. The standard InChI is InChI=1S/C17H24FN3O2/c1-17(2,3)14(20-12-8-6-11(18)7-9-12)16(23)21-10-4-5-13(21)15(19)22/h6-9,13-14,20H,4-5,10H2,1-3H3,(H2,19,22)/t13-,14+/m0/s1. The number of carbonyl (C=O) groups excluding carboxylic acids is 2. The Balaban J connectivity index is 2.22. The van der Waals surface area contributed by atoms with Crippen molar-refractivity contribution in [1.82, 2.24) is 4.90 Å². The molecular formula is C17H24FN3O2. The first-order chi connectivity index (χ1) is 10.7. The SMILES string of the molecule is CC(C)(C)[C@H](Nc1ccc(F)cc1)C(=O)N1CCC[C@H]1C(N)=O. The van der Waals surface area contributed by atoms with Crippen LogP contribution in [0.5, 0.6) is 0 Å². The molecule has 0 bridgehead atoms. The van der Waals surface area contributed by atoms with Crippen molar-refractivity contribution in [3.63, 3.8) is 0 Å². The number of likely N-dealkylation sites (tertiary alicyclic amines) is 1. The van der Waals surface area contributed by atoms with Crippen LogP contribution in [-0.4, -0.2) is 35.3 Å². The van der Waals surface area contributed by atoms with E-state index in [-0.39, 0.29) is 17.1 Å². The third-order valence-electron chi connectivity index (χ3n) is 4.13. The van der Waals surface area contributed by atoms with Crippen molar-refractivity contribution < 1.29 is 14.0 Å². The first-order valence-corrected chi connectivity index (χ1v) is 7.82. The van der Waals surface area contributed by atoms with E-state index < -0.39 is 18.0 Å². The number of hydrogen-bond donors (Lipinski definition) is 2. The van der Waals surface area contributed by atoms with Gasteiger partial charge >= 0.3 is 0 Å². The summed E-state index contributed by atoms with van der Waals surface area (Å²) in [6, 6.07) is 4.80. The highest BCUT2D eigenvalue weighted by molar-refractivity contribution is 5.91. The largest absolute Gasteiger partial charge is 0.373 e. The molecular weight excluding hydrogens is 297 g/mol. The van der Waals surface area contributed by atoms with E-state index in [4.69, 9.17) is 5.73 Å². The van der Waals surface area contributed by atoms with Crippen LogP contribution in [0, 0.1) is 11.2 Å². The molecule has 3 N–H and O–H groups in total. The quantitative estimate of drug-likeness (QED) is 0.892. The van der Waals surface area contributed by atoms with Gasteiger partial charge in [0.2, 0.25) is 11.8 Å². The van der Waals surface area contributed by atoms with Gasteiger partial charge in [0, 0.05) is 12.2 Å². The van der Waals surface area contributed by atoms with Crippen LogP contribution >= 0.6 is 0 Å². The molecule has 23 heavy (non-hydrogen) atoms. The molecule has 1 aromatic carbocycles. The molecule has 1 heterocycles. The van der Waals surface area contributed by atoms with Gasteiger partial charge in [-0.1, -0.05) is 20.8 Å². The predicted octanol–water partition coefficient (Wildman–Crippen LogP) is 2.13. The lowest BCUT2D eigenvalue weighted by molar-refractivity contribution is -0.139. The second kappa shape index (κ2) is 6.56. The van der Waals surface area contributed by atoms with E-state index in [2.05, 4.69) is 5.32 Å². The van der Waals surface area contributed by atoms with Crippen molar-refractivity contribution in [1.29, 1.82) is 0 Å². The monoisotopic (exact) mass is 321 g/mol. The number of carbonyl (C=O) groups is 2. The summed E-state index contributed by atoms with van der Waals surface area (Å²) in [5, 5.41) is 3.17. The minimum absolute atomic E-state index is 0.150. The molecule has 1 fully saturated rings. The maximum Gasteiger partial charge on any atom is 0.246 e. The number of primary amides is 1. The highest BCUT2D eigenvalue weighted by Gasteiger charge is 2.40. The van der Waals surface area contributed by atoms with Gasteiger partial charge in [0.15, 0.2) is 0 Å². The molecule has 5 nitrogen and oxygen atoms in total. The Labute approximate surface area is 136 Å². The van der Waals surface area contributed by atoms with Crippen molar-refractivity contribution >= 4 is 17.5 Å². The summed E-state index contributed by atoms with van der Waals surface area (Å²) in [5.41, 5.74) is 5.69. The number of hydrogen-bond acceptors (Lipinski definition) is 3. The lowest BCUT2D eigenvalue weighted by Gasteiger charge is -2.35. The summed E-state index contributed by atoms with van der Waals surface area (Å²) >= 11 is 0. The van der Waals surface area contributed by atoms with Gasteiger partial charge in [-0.3, -0.25) is 9.59 Å². The van der Waals surface area contributed by atoms with E-state index >= 15 is 0 Å². The van der Waals surface area contributed by atoms with Gasteiger partial charge in [-0.25, -0.2) is 4.39 Å². The van der Waals surface area contributed by atoms with Gasteiger partial charge in [0.1, 0.15) is 17.9 Å². The average Bonchev–Trinajstić information content (AvgIpc) is 2.94. The van der Waals surface area contributed by atoms with Crippen molar-refractivity contribution in [2.24, 2.45) is 11.1 Å². The van der Waals surface area contributed by atoms with Crippen molar-refractivity contribution in [3.8, 4) is 0 Å². The van der Waals surface area contributed by atoms with Crippen LogP contribution < -0.4 is 11.1 Å². The van der Waals surface area contributed by atoms with E-state index in [0.29, 0.717) is 18.7 Å². The number of halogens is 1. The molecule has 2 atom stereocenters. The lowest BCUT2D eigenvalue weighted by atomic mass is 9.85. The number of benzene rings is 1.